The van der Waals surface area contributed by atoms with Gasteiger partial charge in [-0.1, -0.05) is 133 Å². The summed E-state index contributed by atoms with van der Waals surface area (Å²) in [5, 5.41) is 2.30. The quantitative estimate of drug-likeness (QED) is 0.167. The highest BCUT2D eigenvalue weighted by Crippen LogP contribution is 2.38. The van der Waals surface area contributed by atoms with Crippen molar-refractivity contribution in [1.29, 1.82) is 0 Å². The van der Waals surface area contributed by atoms with Crippen LogP contribution in [0.25, 0.3) is 33.0 Å². The van der Waals surface area contributed by atoms with Gasteiger partial charge in [-0.25, -0.2) is 0 Å². The lowest BCUT2D eigenvalue weighted by Gasteiger charge is -2.26. The van der Waals surface area contributed by atoms with Crippen LogP contribution in [0.3, 0.4) is 0 Å². The lowest BCUT2D eigenvalue weighted by Crippen LogP contribution is -2.09. The van der Waals surface area contributed by atoms with Gasteiger partial charge >= 0.3 is 0 Å². The lowest BCUT2D eigenvalue weighted by molar-refractivity contribution is 1.28. The fraction of sp³-hybridized carbons (Fsp3) is 0. The van der Waals surface area contributed by atoms with Crippen molar-refractivity contribution in [3.8, 4) is 22.3 Å². The summed E-state index contributed by atoms with van der Waals surface area (Å²) < 4.78 is 36.3. The maximum atomic E-state index is 9.07. The highest BCUT2D eigenvalue weighted by molar-refractivity contribution is 5.89. The van der Waals surface area contributed by atoms with E-state index in [9.17, 15) is 0 Å². The van der Waals surface area contributed by atoms with E-state index in [4.69, 9.17) is 5.48 Å². The van der Waals surface area contributed by atoms with Gasteiger partial charge in [0.25, 0.3) is 0 Å². The number of para-hydroxylation sites is 3. The standard InChI is InChI=1S/C46H34N2/c1-4-14-41(15-5-1)47(42-16-6-2-7-17-42)44-29-24-38(25-30-44)36-20-22-37(23-21-36)39-26-31-45(32-27-39)48(43-18-8-3-9-19-43)46-33-28-35-12-10-11-13-40(35)34-46/h1-34H/i20D,21D,22D,23D. The first kappa shape index (κ1) is 24.8. The van der Waals surface area contributed by atoms with Crippen LogP contribution >= 0.6 is 0 Å². The normalized spacial score (nSPS) is 12.1. The molecule has 0 amide bonds. The van der Waals surface area contributed by atoms with E-state index >= 15 is 0 Å². The molecule has 0 N–H and O–H groups in total. The predicted molar refractivity (Wildman–Crippen MR) is 204 cm³/mol. The topological polar surface area (TPSA) is 6.48 Å². The molecule has 0 saturated carbocycles. The zero-order valence-electron chi connectivity index (χ0n) is 30.2. The Bertz CT molecular complexity index is 2420. The van der Waals surface area contributed by atoms with E-state index in [1.54, 1.807) is 0 Å². The maximum absolute atomic E-state index is 9.07. The summed E-state index contributed by atoms with van der Waals surface area (Å²) in [7, 11) is 0. The Morgan fingerprint density at radius 1 is 0.271 bits per heavy atom. The molecule has 0 aromatic heterocycles. The SMILES string of the molecule is [2H]c1c([2H])c(-c2ccc(N(c3ccccc3)c3ccc4ccccc4c3)cc2)c([2H])c([2H])c1-c1ccc(N(c2ccccc2)c2ccccc2)cc1. The molecule has 0 aliphatic rings. The van der Waals surface area contributed by atoms with Gasteiger partial charge in [-0.3, -0.25) is 0 Å². The van der Waals surface area contributed by atoms with Gasteiger partial charge in [0.15, 0.2) is 0 Å². The van der Waals surface area contributed by atoms with Crippen molar-refractivity contribution in [1.82, 2.24) is 0 Å². The van der Waals surface area contributed by atoms with E-state index in [0.717, 1.165) is 39.5 Å². The number of benzene rings is 8. The molecule has 0 bridgehead atoms. The number of fused-ring (bicyclic) bond motifs is 1. The summed E-state index contributed by atoms with van der Waals surface area (Å²) in [6.45, 7) is 0. The van der Waals surface area contributed by atoms with Crippen molar-refractivity contribution in [3.63, 3.8) is 0 Å². The number of anilines is 6. The molecule has 8 aromatic rings. The molecule has 0 heterocycles. The van der Waals surface area contributed by atoms with Gasteiger partial charge in [-0.15, -0.1) is 0 Å². The van der Waals surface area contributed by atoms with Crippen LogP contribution in [0.5, 0.6) is 0 Å². The molecular weight excluding hydrogens is 581 g/mol. The van der Waals surface area contributed by atoms with Gasteiger partial charge in [0.1, 0.15) is 0 Å². The van der Waals surface area contributed by atoms with Crippen LogP contribution in [0.4, 0.5) is 34.1 Å². The highest BCUT2D eigenvalue weighted by Gasteiger charge is 2.14. The molecule has 0 unspecified atom stereocenters. The monoisotopic (exact) mass is 618 g/mol. The summed E-state index contributed by atoms with van der Waals surface area (Å²) in [5.74, 6) is 0. The predicted octanol–water partition coefficient (Wildman–Crippen LogP) is 13.1. The minimum Gasteiger partial charge on any atom is -0.311 e. The second kappa shape index (κ2) is 13.2. The van der Waals surface area contributed by atoms with Crippen molar-refractivity contribution >= 4 is 44.9 Å². The fourth-order valence-electron chi connectivity index (χ4n) is 6.10. The first-order chi connectivity index (χ1) is 25.5. The zero-order valence-corrected chi connectivity index (χ0v) is 26.2. The van der Waals surface area contributed by atoms with Crippen molar-refractivity contribution in [2.24, 2.45) is 0 Å². The molecule has 8 aromatic carbocycles. The molecular formula is C46H34N2. The molecule has 0 saturated heterocycles. The van der Waals surface area contributed by atoms with E-state index in [0.29, 0.717) is 11.1 Å². The minimum atomic E-state index is -0.0718. The zero-order chi connectivity index (χ0) is 35.6. The van der Waals surface area contributed by atoms with Gasteiger partial charge in [0, 0.05) is 34.1 Å². The van der Waals surface area contributed by atoms with E-state index in [1.807, 2.05) is 115 Å². The summed E-state index contributed by atoms with van der Waals surface area (Å²) in [6, 6.07) is 60.1. The average Bonchev–Trinajstić information content (AvgIpc) is 3.20. The van der Waals surface area contributed by atoms with Crippen molar-refractivity contribution in [3.05, 3.63) is 206 Å². The third kappa shape index (κ3) is 5.95. The summed E-state index contributed by atoms with van der Waals surface area (Å²) in [5.41, 5.74) is 7.65. The maximum Gasteiger partial charge on any atom is 0.0629 e. The van der Waals surface area contributed by atoms with Gasteiger partial charge in [-0.05, 0) is 106 Å². The molecule has 0 atom stereocenters. The van der Waals surface area contributed by atoms with Crippen LogP contribution in [0, 0.1) is 0 Å². The second-order valence-electron chi connectivity index (χ2n) is 11.6. The molecule has 2 heteroatoms. The molecule has 0 aliphatic carbocycles. The van der Waals surface area contributed by atoms with E-state index in [1.165, 1.54) is 5.39 Å². The van der Waals surface area contributed by atoms with Crippen molar-refractivity contribution in [2.45, 2.75) is 0 Å². The summed E-state index contributed by atoms with van der Waals surface area (Å²) >= 11 is 0. The number of hydrogen-bond acceptors (Lipinski definition) is 2. The van der Waals surface area contributed by atoms with Crippen molar-refractivity contribution in [2.75, 3.05) is 9.80 Å². The number of nitrogens with zero attached hydrogens (tertiary/aromatic N) is 2. The highest BCUT2D eigenvalue weighted by atomic mass is 15.1. The van der Waals surface area contributed by atoms with E-state index in [2.05, 4.69) is 76.5 Å². The van der Waals surface area contributed by atoms with Crippen LogP contribution in [0.15, 0.2) is 206 Å². The Morgan fingerprint density at radius 2 is 0.604 bits per heavy atom. The van der Waals surface area contributed by atoms with Crippen LogP contribution < -0.4 is 9.80 Å². The molecule has 228 valence electrons. The Kier molecular flexibility index (Phi) is 6.80. The third-order valence-electron chi connectivity index (χ3n) is 8.49. The molecule has 0 aliphatic heterocycles. The van der Waals surface area contributed by atoms with Crippen molar-refractivity contribution < 1.29 is 5.48 Å². The van der Waals surface area contributed by atoms with Crippen LogP contribution in [-0.4, -0.2) is 0 Å². The molecule has 48 heavy (non-hydrogen) atoms. The Labute approximate surface area is 288 Å². The third-order valence-corrected chi connectivity index (χ3v) is 8.49. The molecule has 0 radical (unpaired) electrons. The summed E-state index contributed by atoms with van der Waals surface area (Å²) in [4.78, 5) is 4.32. The van der Waals surface area contributed by atoms with Gasteiger partial charge < -0.3 is 9.80 Å². The Balaban J connectivity index is 1.14. The fourth-order valence-corrected chi connectivity index (χ4v) is 6.10. The molecule has 0 spiro atoms. The second-order valence-corrected chi connectivity index (χ2v) is 11.6. The van der Waals surface area contributed by atoms with E-state index in [-0.39, 0.29) is 35.3 Å². The first-order valence-corrected chi connectivity index (χ1v) is 16.0. The minimum absolute atomic E-state index is 0.0714. The van der Waals surface area contributed by atoms with Crippen LogP contribution in [0.2, 0.25) is 0 Å². The smallest absolute Gasteiger partial charge is 0.0629 e. The summed E-state index contributed by atoms with van der Waals surface area (Å²) in [6.07, 6.45) is 0. The largest absolute Gasteiger partial charge is 0.311 e. The molecule has 2 nitrogen and oxygen atoms in total. The van der Waals surface area contributed by atoms with Crippen LogP contribution in [0.1, 0.15) is 5.48 Å². The van der Waals surface area contributed by atoms with Gasteiger partial charge in [0.05, 0.1) is 5.48 Å². The van der Waals surface area contributed by atoms with Gasteiger partial charge in [0.2, 0.25) is 0 Å². The van der Waals surface area contributed by atoms with Gasteiger partial charge in [-0.2, -0.15) is 0 Å². The number of hydrogen-bond donors (Lipinski definition) is 0. The Hall–Kier alpha value is -6.38. The average molecular weight is 619 g/mol. The lowest BCUT2D eigenvalue weighted by atomic mass is 9.99. The molecule has 8 rings (SSSR count). The molecule has 0 fully saturated rings. The number of rotatable bonds is 8. The Morgan fingerprint density at radius 3 is 1.04 bits per heavy atom. The van der Waals surface area contributed by atoms with Crippen LogP contribution in [-0.2, 0) is 0 Å². The van der Waals surface area contributed by atoms with E-state index < -0.39 is 0 Å². The first-order valence-electron chi connectivity index (χ1n) is 18.0.